The quantitative estimate of drug-likeness (QED) is 0.861. The van der Waals surface area contributed by atoms with E-state index in [0.29, 0.717) is 29.9 Å². The number of fused-ring (bicyclic) bond motifs is 2. The largest absolute Gasteiger partial charge is 0.493 e. The van der Waals surface area contributed by atoms with Crippen molar-refractivity contribution >= 4 is 18.3 Å². The lowest BCUT2D eigenvalue weighted by Gasteiger charge is -2.27. The monoisotopic (exact) mass is 340 g/mol. The molecule has 3 N–H and O–H groups in total. The summed E-state index contributed by atoms with van der Waals surface area (Å²) < 4.78 is 10.5. The van der Waals surface area contributed by atoms with Crippen molar-refractivity contribution in [2.75, 3.05) is 14.2 Å². The molecule has 5 nitrogen and oxygen atoms in total. The molecule has 0 heterocycles. The predicted octanol–water partition coefficient (Wildman–Crippen LogP) is 2.12. The Morgan fingerprint density at radius 3 is 2.52 bits per heavy atom. The summed E-state index contributed by atoms with van der Waals surface area (Å²) in [6.07, 6.45) is 3.45. The molecule has 2 aliphatic rings. The van der Waals surface area contributed by atoms with Crippen LogP contribution in [0.3, 0.4) is 0 Å². The molecule has 4 atom stereocenters. The van der Waals surface area contributed by atoms with Crippen molar-refractivity contribution in [2.24, 2.45) is 23.5 Å². The molecule has 1 aromatic carbocycles. The Bertz CT molecular complexity index is 565. The van der Waals surface area contributed by atoms with Gasteiger partial charge in [-0.1, -0.05) is 6.07 Å². The van der Waals surface area contributed by atoms with E-state index in [1.165, 1.54) is 6.42 Å². The van der Waals surface area contributed by atoms with Crippen molar-refractivity contribution in [1.82, 2.24) is 5.32 Å². The second-order valence-corrected chi connectivity index (χ2v) is 6.34. The molecular formula is C17H25ClN2O3. The maximum atomic E-state index is 12.4. The molecular weight excluding hydrogens is 316 g/mol. The number of halogens is 1. The lowest BCUT2D eigenvalue weighted by atomic mass is 9.84. The molecule has 0 aliphatic heterocycles. The number of hydrogen-bond acceptors (Lipinski definition) is 4. The zero-order chi connectivity index (χ0) is 15.7. The summed E-state index contributed by atoms with van der Waals surface area (Å²) in [4.78, 5) is 12.4. The van der Waals surface area contributed by atoms with Crippen molar-refractivity contribution in [3.8, 4) is 11.5 Å². The third-order valence-corrected chi connectivity index (χ3v) is 5.20. The topological polar surface area (TPSA) is 73.6 Å². The molecule has 0 saturated heterocycles. The Morgan fingerprint density at radius 1 is 1.22 bits per heavy atom. The van der Waals surface area contributed by atoms with Crippen LogP contribution in [0.1, 0.15) is 24.8 Å². The summed E-state index contributed by atoms with van der Waals surface area (Å²) in [6, 6.07) is 5.70. The summed E-state index contributed by atoms with van der Waals surface area (Å²) in [7, 11) is 3.21. The Hall–Kier alpha value is -1.46. The average Bonchev–Trinajstić information content (AvgIpc) is 3.13. The Kier molecular flexibility index (Phi) is 5.76. The molecule has 2 saturated carbocycles. The third kappa shape index (κ3) is 3.40. The smallest absolute Gasteiger partial charge is 0.225 e. The number of ether oxygens (including phenoxy) is 2. The number of carbonyl (C=O) groups excluding carboxylic acids is 1. The Labute approximate surface area is 143 Å². The Morgan fingerprint density at radius 2 is 1.91 bits per heavy atom. The number of amides is 1. The molecule has 1 aromatic rings. The summed E-state index contributed by atoms with van der Waals surface area (Å²) >= 11 is 0. The van der Waals surface area contributed by atoms with Crippen LogP contribution in [0.5, 0.6) is 11.5 Å². The molecule has 0 aromatic heterocycles. The van der Waals surface area contributed by atoms with Gasteiger partial charge in [0.25, 0.3) is 0 Å². The van der Waals surface area contributed by atoms with Gasteiger partial charge in [0, 0.05) is 12.6 Å². The van der Waals surface area contributed by atoms with Gasteiger partial charge in [0.2, 0.25) is 5.91 Å². The lowest BCUT2D eigenvalue weighted by molar-refractivity contribution is -0.127. The van der Waals surface area contributed by atoms with Gasteiger partial charge in [-0.15, -0.1) is 12.4 Å². The van der Waals surface area contributed by atoms with Crippen LogP contribution in [0.15, 0.2) is 18.2 Å². The molecule has 2 aliphatic carbocycles. The van der Waals surface area contributed by atoms with E-state index in [9.17, 15) is 4.79 Å². The van der Waals surface area contributed by atoms with Gasteiger partial charge in [0.15, 0.2) is 11.5 Å². The number of hydrogen-bond donors (Lipinski definition) is 2. The summed E-state index contributed by atoms with van der Waals surface area (Å²) in [5, 5.41) is 3.03. The summed E-state index contributed by atoms with van der Waals surface area (Å²) in [6.45, 7) is 0.486. The van der Waals surface area contributed by atoms with Gasteiger partial charge < -0.3 is 20.5 Å². The molecule has 2 bridgehead atoms. The number of nitrogens with one attached hydrogen (secondary N) is 1. The van der Waals surface area contributed by atoms with E-state index in [2.05, 4.69) is 5.32 Å². The molecule has 3 rings (SSSR count). The lowest BCUT2D eigenvalue weighted by Crippen LogP contribution is -2.45. The molecule has 0 spiro atoms. The van der Waals surface area contributed by atoms with Crippen LogP contribution in [0, 0.1) is 17.8 Å². The minimum absolute atomic E-state index is 0. The average molecular weight is 341 g/mol. The van der Waals surface area contributed by atoms with E-state index in [4.69, 9.17) is 15.2 Å². The number of carbonyl (C=O) groups is 1. The maximum absolute atomic E-state index is 12.4. The van der Waals surface area contributed by atoms with Crippen LogP contribution < -0.4 is 20.5 Å². The van der Waals surface area contributed by atoms with E-state index in [1.54, 1.807) is 14.2 Å². The maximum Gasteiger partial charge on any atom is 0.225 e. The Balaban J connectivity index is 0.00000192. The predicted molar refractivity (Wildman–Crippen MR) is 90.9 cm³/mol. The zero-order valence-electron chi connectivity index (χ0n) is 13.6. The highest BCUT2D eigenvalue weighted by Gasteiger charge is 2.48. The SMILES string of the molecule is COc1ccc(CNC(=O)C2C3CCC(C3)C2N)cc1OC.Cl. The molecule has 2 fully saturated rings. The number of nitrogens with two attached hydrogens (primary N) is 1. The van der Waals surface area contributed by atoms with E-state index in [0.717, 1.165) is 18.4 Å². The highest BCUT2D eigenvalue weighted by molar-refractivity contribution is 5.85. The fourth-order valence-corrected chi connectivity index (χ4v) is 4.02. The zero-order valence-corrected chi connectivity index (χ0v) is 14.4. The van der Waals surface area contributed by atoms with Gasteiger partial charge >= 0.3 is 0 Å². The molecule has 128 valence electrons. The standard InChI is InChI=1S/C17H24N2O3.ClH/c1-21-13-6-3-10(7-14(13)22-2)9-19-17(20)15-11-4-5-12(8-11)16(15)18;/h3,6-7,11-12,15-16H,4-5,8-9,18H2,1-2H3,(H,19,20);1H. The first kappa shape index (κ1) is 17.9. The van der Waals surface area contributed by atoms with Gasteiger partial charge in [0.1, 0.15) is 0 Å². The first-order valence-corrected chi connectivity index (χ1v) is 7.88. The van der Waals surface area contributed by atoms with Crippen molar-refractivity contribution in [2.45, 2.75) is 31.8 Å². The highest BCUT2D eigenvalue weighted by atomic mass is 35.5. The highest BCUT2D eigenvalue weighted by Crippen LogP contribution is 2.47. The first-order valence-electron chi connectivity index (χ1n) is 7.88. The van der Waals surface area contributed by atoms with Crippen LogP contribution >= 0.6 is 12.4 Å². The molecule has 4 unspecified atom stereocenters. The van der Waals surface area contributed by atoms with Crippen molar-refractivity contribution < 1.29 is 14.3 Å². The first-order chi connectivity index (χ1) is 10.6. The minimum atomic E-state index is -0.0149. The fourth-order valence-electron chi connectivity index (χ4n) is 4.02. The summed E-state index contributed by atoms with van der Waals surface area (Å²) in [5.74, 6) is 2.46. The number of methoxy groups -OCH3 is 2. The minimum Gasteiger partial charge on any atom is -0.493 e. The van der Waals surface area contributed by atoms with Gasteiger partial charge in [-0.3, -0.25) is 4.79 Å². The molecule has 0 radical (unpaired) electrons. The summed E-state index contributed by atoms with van der Waals surface area (Å²) in [5.41, 5.74) is 7.21. The van der Waals surface area contributed by atoms with E-state index in [1.807, 2.05) is 18.2 Å². The van der Waals surface area contributed by atoms with Gasteiger partial charge in [-0.2, -0.15) is 0 Å². The van der Waals surface area contributed by atoms with Gasteiger partial charge in [0.05, 0.1) is 20.1 Å². The van der Waals surface area contributed by atoms with E-state index < -0.39 is 0 Å². The van der Waals surface area contributed by atoms with Crippen LogP contribution in [0.2, 0.25) is 0 Å². The van der Waals surface area contributed by atoms with E-state index in [-0.39, 0.29) is 30.3 Å². The van der Waals surface area contributed by atoms with Crippen LogP contribution in [0.4, 0.5) is 0 Å². The number of rotatable bonds is 5. The fraction of sp³-hybridized carbons (Fsp3) is 0.588. The van der Waals surface area contributed by atoms with Crippen LogP contribution in [-0.4, -0.2) is 26.2 Å². The van der Waals surface area contributed by atoms with Crippen LogP contribution in [-0.2, 0) is 11.3 Å². The molecule has 1 amide bonds. The normalized spacial score (nSPS) is 28.1. The third-order valence-electron chi connectivity index (χ3n) is 5.20. The van der Waals surface area contributed by atoms with Gasteiger partial charge in [-0.25, -0.2) is 0 Å². The second kappa shape index (κ2) is 7.41. The van der Waals surface area contributed by atoms with Crippen molar-refractivity contribution in [1.29, 1.82) is 0 Å². The van der Waals surface area contributed by atoms with E-state index >= 15 is 0 Å². The molecule has 23 heavy (non-hydrogen) atoms. The van der Waals surface area contributed by atoms with Crippen LogP contribution in [0.25, 0.3) is 0 Å². The second-order valence-electron chi connectivity index (χ2n) is 6.34. The van der Waals surface area contributed by atoms with Crippen molar-refractivity contribution in [3.05, 3.63) is 23.8 Å². The number of benzene rings is 1. The van der Waals surface area contributed by atoms with Gasteiger partial charge in [-0.05, 0) is 48.8 Å². The van der Waals surface area contributed by atoms with Crippen molar-refractivity contribution in [3.63, 3.8) is 0 Å². The molecule has 6 heteroatoms.